The van der Waals surface area contributed by atoms with Gasteiger partial charge < -0.3 is 25.3 Å². The summed E-state index contributed by atoms with van der Waals surface area (Å²) in [5.74, 6) is -0.546. The van der Waals surface area contributed by atoms with Crippen molar-refractivity contribution in [2.24, 2.45) is 35.8 Å². The van der Waals surface area contributed by atoms with E-state index in [4.69, 9.17) is 5.14 Å². The fourth-order valence-corrected chi connectivity index (χ4v) is 6.32. The molecule has 0 saturated heterocycles. The van der Waals surface area contributed by atoms with Gasteiger partial charge in [-0.2, -0.15) is 10.2 Å². The third kappa shape index (κ3) is 12.9. The van der Waals surface area contributed by atoms with Crippen LogP contribution in [0.1, 0.15) is 45.1 Å². The number of primary sulfonamides is 1. The molecule has 0 radical (unpaired) electrons. The Labute approximate surface area is 368 Å². The number of aromatic hydroxyl groups is 4. The maximum Gasteiger partial charge on any atom is 0.273 e. The number of phenols is 4. The monoisotopic (exact) mass is 903 g/mol. The van der Waals surface area contributed by atoms with Gasteiger partial charge in [-0.05, 0) is 85.3 Å². The topological polar surface area (TPSA) is 262 Å². The molecular formula is C43H45FeN9O8S. The summed E-state index contributed by atoms with van der Waals surface area (Å²) < 4.78 is 22.7. The van der Waals surface area contributed by atoms with Gasteiger partial charge in [0.15, 0.2) is 0 Å². The number of nitrogens with zero attached hydrogens (tertiary/aromatic N) is 8. The van der Waals surface area contributed by atoms with E-state index >= 15 is 0 Å². The van der Waals surface area contributed by atoms with Gasteiger partial charge in [0.25, 0.3) is 5.69 Å². The molecule has 62 heavy (non-hydrogen) atoms. The maximum absolute atomic E-state index is 11.4. The summed E-state index contributed by atoms with van der Waals surface area (Å²) in [6.07, 6.45) is 4.34. The minimum Gasteiger partial charge on any atom is -0.506 e. The van der Waals surface area contributed by atoms with E-state index in [2.05, 4.69) is 49.4 Å². The first-order valence-corrected chi connectivity index (χ1v) is 20.7. The van der Waals surface area contributed by atoms with Gasteiger partial charge in [0.1, 0.15) is 45.7 Å². The number of azo groups is 3. The quantitative estimate of drug-likeness (QED) is 0.0283. The molecule has 0 atom stereocenters. The summed E-state index contributed by atoms with van der Waals surface area (Å²) >= 11 is 0. The Hall–Kier alpha value is -6.79. The van der Waals surface area contributed by atoms with E-state index in [-0.39, 0.29) is 67.7 Å². The van der Waals surface area contributed by atoms with Crippen LogP contribution in [-0.4, -0.2) is 46.9 Å². The van der Waals surface area contributed by atoms with Crippen LogP contribution in [0.5, 0.6) is 23.0 Å². The summed E-state index contributed by atoms with van der Waals surface area (Å²) in [4.78, 5) is 12.3. The number of nitro groups is 1. The van der Waals surface area contributed by atoms with E-state index < -0.39 is 14.9 Å². The minimum absolute atomic E-state index is 0. The molecule has 0 fully saturated rings. The molecule has 6 aromatic rings. The molecule has 6 rings (SSSR count). The number of rotatable bonds is 15. The average Bonchev–Trinajstić information content (AvgIpc) is 3.23. The van der Waals surface area contributed by atoms with E-state index in [1.54, 1.807) is 37.3 Å². The molecular weight excluding hydrogens is 858 g/mol. The molecule has 0 aliphatic carbocycles. The first-order valence-electron chi connectivity index (χ1n) is 19.2. The minimum atomic E-state index is -3.79. The molecule has 6 N–H and O–H groups in total. The summed E-state index contributed by atoms with van der Waals surface area (Å²) in [5.41, 5.74) is 3.06. The molecule has 0 saturated carbocycles. The SMILES string of the molecule is CCCCN(CCCC)c1ccc(N=Nc2cc(C)c(N=Nc3ccc(S(N)(=O)=O)cc3)cc2O)c(O)c1.O=[N+]([O-])c1ccc(N=Nc2c(O)ccc3ccccc23)c(O)c1.[Fe]. The largest absolute Gasteiger partial charge is 0.506 e. The number of hydrogen-bond donors (Lipinski definition) is 5. The number of nitrogens with two attached hydrogens (primary N) is 1. The van der Waals surface area contributed by atoms with Crippen LogP contribution in [0.25, 0.3) is 10.8 Å². The molecule has 0 spiro atoms. The van der Waals surface area contributed by atoms with Gasteiger partial charge in [0, 0.05) is 59.4 Å². The van der Waals surface area contributed by atoms with Crippen molar-refractivity contribution in [3.8, 4) is 23.0 Å². The van der Waals surface area contributed by atoms with E-state index in [1.807, 2.05) is 24.3 Å². The Balaban J connectivity index is 0.000000300. The van der Waals surface area contributed by atoms with Gasteiger partial charge in [0.05, 0.1) is 27.3 Å². The fourth-order valence-electron chi connectivity index (χ4n) is 5.80. The van der Waals surface area contributed by atoms with Crippen molar-refractivity contribution in [2.75, 3.05) is 18.0 Å². The zero-order valence-electron chi connectivity index (χ0n) is 34.0. The van der Waals surface area contributed by atoms with Crippen LogP contribution in [-0.2, 0) is 27.1 Å². The van der Waals surface area contributed by atoms with Gasteiger partial charge in [0.2, 0.25) is 10.0 Å². The Kier molecular flexibility index (Phi) is 17.1. The Morgan fingerprint density at radius 1 is 0.645 bits per heavy atom. The summed E-state index contributed by atoms with van der Waals surface area (Å²) in [6, 6.07) is 28.1. The first-order chi connectivity index (χ1) is 29.2. The van der Waals surface area contributed by atoms with Crippen LogP contribution in [0, 0.1) is 17.0 Å². The van der Waals surface area contributed by atoms with Crippen molar-refractivity contribution in [1.29, 1.82) is 0 Å². The molecule has 0 aromatic heterocycles. The summed E-state index contributed by atoms with van der Waals surface area (Å²) in [7, 11) is -3.79. The smallest absolute Gasteiger partial charge is 0.273 e. The number of anilines is 1. The number of fused-ring (bicyclic) bond motifs is 1. The number of benzene rings is 6. The molecule has 324 valence electrons. The number of non-ortho nitro benzene ring substituents is 1. The molecule has 0 heterocycles. The van der Waals surface area contributed by atoms with Crippen LogP contribution in [0.2, 0.25) is 0 Å². The van der Waals surface area contributed by atoms with Gasteiger partial charge in [-0.25, -0.2) is 13.6 Å². The third-order valence-corrected chi connectivity index (χ3v) is 10.1. The third-order valence-electron chi connectivity index (χ3n) is 9.19. The van der Waals surface area contributed by atoms with Crippen LogP contribution < -0.4 is 10.0 Å². The van der Waals surface area contributed by atoms with Crippen LogP contribution in [0.4, 0.5) is 45.5 Å². The molecule has 19 heteroatoms. The number of nitro benzene ring substituents is 1. The number of hydrogen-bond acceptors (Lipinski definition) is 15. The van der Waals surface area contributed by atoms with Gasteiger partial charge >= 0.3 is 0 Å². The van der Waals surface area contributed by atoms with E-state index in [1.165, 1.54) is 48.5 Å². The van der Waals surface area contributed by atoms with Crippen LogP contribution in [0.15, 0.2) is 145 Å². The number of phenolic OH excluding ortho intramolecular Hbond substituents is 4. The predicted octanol–water partition coefficient (Wildman–Crippen LogP) is 11.9. The fraction of sp³-hybridized carbons (Fsp3) is 0.209. The molecule has 0 unspecified atom stereocenters. The number of sulfonamides is 1. The van der Waals surface area contributed by atoms with E-state index in [0.29, 0.717) is 28.0 Å². The van der Waals surface area contributed by atoms with Crippen molar-refractivity contribution in [3.63, 3.8) is 0 Å². The Bertz CT molecular complexity index is 2710. The molecule has 0 aliphatic rings. The normalized spacial score (nSPS) is 11.5. The van der Waals surface area contributed by atoms with Gasteiger partial charge in [-0.1, -0.05) is 57.0 Å². The van der Waals surface area contributed by atoms with Crippen molar-refractivity contribution < 1.29 is 50.8 Å². The van der Waals surface area contributed by atoms with Gasteiger partial charge in [-0.15, -0.1) is 20.5 Å². The molecule has 0 bridgehead atoms. The Morgan fingerprint density at radius 3 is 1.84 bits per heavy atom. The summed E-state index contributed by atoms with van der Waals surface area (Å²) in [5, 5.41) is 82.5. The molecule has 0 amide bonds. The van der Waals surface area contributed by atoms with Crippen molar-refractivity contribution in [1.82, 2.24) is 0 Å². The van der Waals surface area contributed by atoms with Crippen LogP contribution in [0.3, 0.4) is 0 Å². The number of unbranched alkanes of at least 4 members (excludes halogenated alkanes) is 2. The van der Waals surface area contributed by atoms with Crippen molar-refractivity contribution in [2.45, 2.75) is 51.3 Å². The Morgan fingerprint density at radius 2 is 1.23 bits per heavy atom. The summed E-state index contributed by atoms with van der Waals surface area (Å²) in [6.45, 7) is 7.94. The first kappa shape index (κ1) is 47.9. The van der Waals surface area contributed by atoms with Gasteiger partial charge in [-0.3, -0.25) is 10.1 Å². The van der Waals surface area contributed by atoms with Crippen molar-refractivity contribution in [3.05, 3.63) is 125 Å². The second-order valence-electron chi connectivity index (χ2n) is 13.7. The van der Waals surface area contributed by atoms with Crippen molar-refractivity contribution >= 4 is 66.3 Å². The zero-order chi connectivity index (χ0) is 44.1. The van der Waals surface area contributed by atoms with Crippen LogP contribution >= 0.6 is 0 Å². The molecule has 17 nitrogen and oxygen atoms in total. The van der Waals surface area contributed by atoms with E-state index in [9.17, 15) is 39.0 Å². The second-order valence-corrected chi connectivity index (χ2v) is 15.3. The zero-order valence-corrected chi connectivity index (χ0v) is 35.9. The number of aryl methyl sites for hydroxylation is 1. The average molecular weight is 904 g/mol. The molecule has 0 aliphatic heterocycles. The standard InChI is InChI=1S/C27H34N6O4S.C16H11N3O4.Fe/c1-4-6-14-33(15-7-5-2)21-10-13-23(26(34)17-21)30-32-25-16-19(3)24(18-27(25)35)31-29-20-8-11-22(12-9-20)38(28,36)37;20-14-8-5-10-3-1-2-4-12(10)16(14)18-17-13-7-6-11(19(22)23)9-15(13)21;/h8-13,16-18,34-35H,4-7,14-15H2,1-3H3,(H2,28,36,37);1-9,20-21H;. The maximum atomic E-state index is 11.4. The predicted molar refractivity (Wildman–Crippen MR) is 234 cm³/mol. The second kappa shape index (κ2) is 22.2. The molecule has 6 aromatic carbocycles. The van der Waals surface area contributed by atoms with E-state index in [0.717, 1.165) is 55.9 Å².